The molecule has 2 N–H and O–H groups in total. The number of carboxylic acids is 1. The van der Waals surface area contributed by atoms with Gasteiger partial charge in [0.2, 0.25) is 0 Å². The Labute approximate surface area is 125 Å². The Balaban J connectivity index is 1.99. The molecule has 20 heavy (non-hydrogen) atoms. The summed E-state index contributed by atoms with van der Waals surface area (Å²) >= 11 is 4.78. The summed E-state index contributed by atoms with van der Waals surface area (Å²) in [7, 11) is 0. The van der Waals surface area contributed by atoms with Crippen molar-refractivity contribution in [3.05, 3.63) is 40.9 Å². The molecule has 0 fully saturated rings. The topological polar surface area (TPSA) is 91.8 Å². The van der Waals surface area contributed by atoms with Crippen molar-refractivity contribution in [1.29, 1.82) is 0 Å². The number of H-pyrrole nitrogens is 1. The predicted molar refractivity (Wildman–Crippen MR) is 76.9 cm³/mol. The van der Waals surface area contributed by atoms with E-state index in [2.05, 4.69) is 35.9 Å². The number of carbonyl (C=O) groups is 1. The Hall–Kier alpha value is -1.93. The van der Waals surface area contributed by atoms with Crippen molar-refractivity contribution in [2.75, 3.05) is 0 Å². The van der Waals surface area contributed by atoms with Crippen molar-refractivity contribution >= 4 is 44.8 Å². The smallest absolute Gasteiger partial charge is 0.335 e. The van der Waals surface area contributed by atoms with Crippen molar-refractivity contribution < 1.29 is 9.90 Å². The molecule has 0 aliphatic carbocycles. The number of hydrogen-bond donors (Lipinski definition) is 2. The van der Waals surface area contributed by atoms with Gasteiger partial charge in [0, 0.05) is 9.37 Å². The normalized spacial score (nSPS) is 10.8. The van der Waals surface area contributed by atoms with E-state index in [-0.39, 0.29) is 5.56 Å². The fourth-order valence-electron chi connectivity index (χ4n) is 1.64. The lowest BCUT2D eigenvalue weighted by Gasteiger charge is -2.05. The van der Waals surface area contributed by atoms with Gasteiger partial charge >= 0.3 is 5.97 Å². The van der Waals surface area contributed by atoms with Crippen molar-refractivity contribution in [3.8, 4) is 0 Å². The second-order valence-electron chi connectivity index (χ2n) is 3.83. The van der Waals surface area contributed by atoms with Gasteiger partial charge in [-0.2, -0.15) is 0 Å². The van der Waals surface area contributed by atoms with Gasteiger partial charge in [-0.25, -0.2) is 19.7 Å². The standard InChI is InChI=1S/C12H7BrN4O2S/c13-7-3-6(12(18)19)1-2-8(7)20-11-9-10(15-4-14-9)16-5-17-11/h1-5H,(H,18,19)(H,14,15,16,17). The Kier molecular flexibility index (Phi) is 3.41. The molecule has 6 nitrogen and oxygen atoms in total. The van der Waals surface area contributed by atoms with E-state index in [0.717, 1.165) is 15.4 Å². The first-order valence-corrected chi connectivity index (χ1v) is 7.11. The van der Waals surface area contributed by atoms with Crippen LogP contribution in [0.2, 0.25) is 0 Å². The number of imidazole rings is 1. The number of carboxylic acid groups (broad SMARTS) is 1. The summed E-state index contributed by atoms with van der Waals surface area (Å²) in [5, 5.41) is 9.67. The number of rotatable bonds is 3. The quantitative estimate of drug-likeness (QED) is 0.705. The first-order valence-electron chi connectivity index (χ1n) is 5.50. The van der Waals surface area contributed by atoms with E-state index in [1.807, 2.05) is 0 Å². The lowest BCUT2D eigenvalue weighted by Crippen LogP contribution is -1.96. The summed E-state index contributed by atoms with van der Waals surface area (Å²) in [4.78, 5) is 27.1. The molecule has 2 heterocycles. The predicted octanol–water partition coefficient (Wildman–Crippen LogP) is 2.96. The number of aromatic nitrogens is 4. The van der Waals surface area contributed by atoms with Crippen LogP contribution in [0, 0.1) is 0 Å². The fourth-order valence-corrected chi connectivity index (χ4v) is 3.12. The second kappa shape index (κ2) is 5.22. The highest BCUT2D eigenvalue weighted by Crippen LogP contribution is 2.35. The SMILES string of the molecule is O=C(O)c1ccc(Sc2ncnc3nc[nH]c23)c(Br)c1. The molecule has 0 aliphatic heterocycles. The zero-order chi connectivity index (χ0) is 14.1. The molecule has 0 spiro atoms. The fraction of sp³-hybridized carbons (Fsp3) is 0. The van der Waals surface area contributed by atoms with Gasteiger partial charge in [0.1, 0.15) is 16.9 Å². The molecule has 0 aliphatic rings. The third-order valence-electron chi connectivity index (χ3n) is 2.57. The van der Waals surface area contributed by atoms with E-state index in [1.165, 1.54) is 18.1 Å². The molecule has 0 saturated heterocycles. The minimum absolute atomic E-state index is 0.232. The van der Waals surface area contributed by atoms with Crippen LogP contribution in [0.4, 0.5) is 0 Å². The van der Waals surface area contributed by atoms with Crippen molar-refractivity contribution in [1.82, 2.24) is 19.9 Å². The Morgan fingerprint density at radius 1 is 1.30 bits per heavy atom. The molecule has 100 valence electrons. The van der Waals surface area contributed by atoms with Crippen LogP contribution in [0.1, 0.15) is 10.4 Å². The Morgan fingerprint density at radius 3 is 2.90 bits per heavy atom. The Morgan fingerprint density at radius 2 is 2.15 bits per heavy atom. The number of aromatic carboxylic acids is 1. The molecule has 8 heteroatoms. The molecular formula is C12H7BrN4O2S. The number of fused-ring (bicyclic) bond motifs is 1. The van der Waals surface area contributed by atoms with Crippen LogP contribution in [0.25, 0.3) is 11.2 Å². The number of halogens is 1. The number of hydrogen-bond acceptors (Lipinski definition) is 5. The maximum absolute atomic E-state index is 10.9. The van der Waals surface area contributed by atoms with Crippen LogP contribution in [-0.4, -0.2) is 31.0 Å². The minimum atomic E-state index is -0.958. The van der Waals surface area contributed by atoms with Gasteiger partial charge in [0.05, 0.1) is 11.9 Å². The number of nitrogens with one attached hydrogen (secondary N) is 1. The first-order chi connectivity index (χ1) is 9.65. The van der Waals surface area contributed by atoms with Crippen LogP contribution >= 0.6 is 27.7 Å². The lowest BCUT2D eigenvalue weighted by molar-refractivity contribution is 0.0696. The molecule has 2 aromatic heterocycles. The number of benzene rings is 1. The van der Waals surface area contributed by atoms with E-state index in [4.69, 9.17) is 5.11 Å². The summed E-state index contributed by atoms with van der Waals surface area (Å²) in [6.45, 7) is 0. The van der Waals surface area contributed by atoms with Gasteiger partial charge in [0.25, 0.3) is 0 Å². The van der Waals surface area contributed by atoms with Crippen LogP contribution in [0.3, 0.4) is 0 Å². The van der Waals surface area contributed by atoms with Gasteiger partial charge in [-0.15, -0.1) is 0 Å². The summed E-state index contributed by atoms with van der Waals surface area (Å²) in [5.41, 5.74) is 1.59. The van der Waals surface area contributed by atoms with E-state index >= 15 is 0 Å². The highest BCUT2D eigenvalue weighted by Gasteiger charge is 2.11. The molecule has 0 bridgehead atoms. The monoisotopic (exact) mass is 350 g/mol. The van der Waals surface area contributed by atoms with E-state index in [1.54, 1.807) is 24.5 Å². The maximum Gasteiger partial charge on any atom is 0.335 e. The molecular weight excluding hydrogens is 344 g/mol. The summed E-state index contributed by atoms with van der Waals surface area (Å²) < 4.78 is 0.702. The Bertz CT molecular complexity index is 805. The van der Waals surface area contributed by atoms with Crippen molar-refractivity contribution in [3.63, 3.8) is 0 Å². The highest BCUT2D eigenvalue weighted by atomic mass is 79.9. The minimum Gasteiger partial charge on any atom is -0.478 e. The summed E-state index contributed by atoms with van der Waals surface area (Å²) in [5.74, 6) is -0.958. The van der Waals surface area contributed by atoms with Gasteiger partial charge < -0.3 is 10.1 Å². The van der Waals surface area contributed by atoms with Crippen LogP contribution in [0.5, 0.6) is 0 Å². The number of aromatic amines is 1. The van der Waals surface area contributed by atoms with Gasteiger partial charge in [-0.3, -0.25) is 0 Å². The molecule has 0 amide bonds. The van der Waals surface area contributed by atoms with Gasteiger partial charge in [-0.1, -0.05) is 11.8 Å². The molecule has 3 aromatic rings. The lowest BCUT2D eigenvalue weighted by atomic mass is 10.2. The molecule has 0 radical (unpaired) electrons. The van der Waals surface area contributed by atoms with Gasteiger partial charge in [-0.05, 0) is 34.1 Å². The van der Waals surface area contributed by atoms with Crippen LogP contribution in [-0.2, 0) is 0 Å². The van der Waals surface area contributed by atoms with Crippen LogP contribution < -0.4 is 0 Å². The molecule has 3 rings (SSSR count). The molecule has 0 unspecified atom stereocenters. The number of nitrogens with zero attached hydrogens (tertiary/aromatic N) is 3. The van der Waals surface area contributed by atoms with Crippen LogP contribution in [0.15, 0.2) is 45.2 Å². The zero-order valence-corrected chi connectivity index (χ0v) is 12.3. The zero-order valence-electron chi connectivity index (χ0n) is 9.87. The molecule has 0 atom stereocenters. The average Bonchev–Trinajstić information content (AvgIpc) is 2.90. The van der Waals surface area contributed by atoms with Gasteiger partial charge in [0.15, 0.2) is 5.65 Å². The third-order valence-corrected chi connectivity index (χ3v) is 4.57. The molecule has 1 aromatic carbocycles. The van der Waals surface area contributed by atoms with E-state index < -0.39 is 5.97 Å². The largest absolute Gasteiger partial charge is 0.478 e. The summed E-state index contributed by atoms with van der Waals surface area (Å²) in [6, 6.07) is 4.86. The average molecular weight is 351 g/mol. The highest BCUT2D eigenvalue weighted by molar-refractivity contribution is 9.10. The summed E-state index contributed by atoms with van der Waals surface area (Å²) in [6.07, 6.45) is 3.01. The van der Waals surface area contributed by atoms with E-state index in [0.29, 0.717) is 10.1 Å². The second-order valence-corrected chi connectivity index (χ2v) is 5.72. The first kappa shape index (κ1) is 13.1. The third kappa shape index (κ3) is 2.39. The van der Waals surface area contributed by atoms with Crippen molar-refractivity contribution in [2.45, 2.75) is 9.92 Å². The van der Waals surface area contributed by atoms with Crippen molar-refractivity contribution in [2.24, 2.45) is 0 Å². The van der Waals surface area contributed by atoms with E-state index in [9.17, 15) is 4.79 Å². The molecule has 0 saturated carbocycles. The maximum atomic E-state index is 10.9.